The lowest BCUT2D eigenvalue weighted by Crippen LogP contribution is -2.13. The van der Waals surface area contributed by atoms with Gasteiger partial charge in [-0.15, -0.1) is 0 Å². The number of hydrogen-bond acceptors (Lipinski definition) is 6. The summed E-state index contributed by atoms with van der Waals surface area (Å²) in [4.78, 5) is 8.46. The van der Waals surface area contributed by atoms with E-state index in [1.807, 2.05) is 0 Å². The quantitative estimate of drug-likeness (QED) is 0.458. The van der Waals surface area contributed by atoms with E-state index in [1.54, 1.807) is 6.20 Å². The van der Waals surface area contributed by atoms with Crippen molar-refractivity contribution in [3.63, 3.8) is 0 Å². The number of anilines is 2. The lowest BCUT2D eigenvalue weighted by atomic mass is 10.3. The largest absolute Gasteiger partial charge is 0.369 e. The average molecular weight is 233 g/mol. The van der Waals surface area contributed by atoms with Crippen LogP contribution in [0.4, 0.5) is 11.8 Å². The highest BCUT2D eigenvalue weighted by Crippen LogP contribution is 2.37. The van der Waals surface area contributed by atoms with Crippen LogP contribution in [0.5, 0.6) is 0 Å². The molecule has 1 aliphatic rings. The fourth-order valence-electron chi connectivity index (χ4n) is 1.95. The maximum absolute atomic E-state index is 5.33. The fourth-order valence-corrected chi connectivity index (χ4v) is 1.95. The number of aromatic amines is 1. The predicted octanol–water partition coefficient (Wildman–Crippen LogP) is 0.706. The molecule has 2 aromatic heterocycles. The van der Waals surface area contributed by atoms with Gasteiger partial charge in [-0.25, -0.2) is 5.84 Å². The Morgan fingerprint density at radius 1 is 1.53 bits per heavy atom. The first-order valence-corrected chi connectivity index (χ1v) is 5.69. The van der Waals surface area contributed by atoms with Crippen molar-refractivity contribution in [2.45, 2.75) is 13.3 Å². The summed E-state index contributed by atoms with van der Waals surface area (Å²) in [6.07, 6.45) is 3.00. The molecule has 0 aliphatic heterocycles. The minimum Gasteiger partial charge on any atom is -0.369 e. The molecule has 0 saturated heterocycles. The van der Waals surface area contributed by atoms with Crippen molar-refractivity contribution >= 4 is 22.8 Å². The normalized spacial score (nSPS) is 22.7. The molecule has 90 valence electrons. The third-order valence-electron chi connectivity index (χ3n) is 3.25. The van der Waals surface area contributed by atoms with Crippen molar-refractivity contribution in [2.24, 2.45) is 17.7 Å². The van der Waals surface area contributed by atoms with Crippen molar-refractivity contribution in [3.05, 3.63) is 6.20 Å². The fraction of sp³-hybridized carbons (Fsp3) is 0.500. The van der Waals surface area contributed by atoms with Crippen LogP contribution in [-0.2, 0) is 0 Å². The van der Waals surface area contributed by atoms with E-state index in [4.69, 9.17) is 5.84 Å². The first kappa shape index (κ1) is 10.3. The molecular formula is C10H15N7. The van der Waals surface area contributed by atoms with Gasteiger partial charge in [0.1, 0.15) is 5.82 Å². The molecule has 0 spiro atoms. The Labute approximate surface area is 98.2 Å². The summed E-state index contributed by atoms with van der Waals surface area (Å²) in [5.41, 5.74) is 3.13. The van der Waals surface area contributed by atoms with Gasteiger partial charge >= 0.3 is 0 Å². The summed E-state index contributed by atoms with van der Waals surface area (Å²) in [5.74, 6) is 8.06. The monoisotopic (exact) mass is 233 g/mol. The number of nitrogens with one attached hydrogen (secondary N) is 3. The van der Waals surface area contributed by atoms with Crippen LogP contribution in [0.15, 0.2) is 6.20 Å². The summed E-state index contributed by atoms with van der Waals surface area (Å²) in [7, 11) is 0. The van der Waals surface area contributed by atoms with Crippen molar-refractivity contribution in [2.75, 3.05) is 17.3 Å². The van der Waals surface area contributed by atoms with Gasteiger partial charge in [0.25, 0.3) is 0 Å². The highest BCUT2D eigenvalue weighted by atomic mass is 15.3. The number of aromatic nitrogens is 4. The Hall–Kier alpha value is -1.89. The summed E-state index contributed by atoms with van der Waals surface area (Å²) >= 11 is 0. The van der Waals surface area contributed by atoms with E-state index in [9.17, 15) is 0 Å². The third-order valence-corrected chi connectivity index (χ3v) is 3.25. The zero-order valence-corrected chi connectivity index (χ0v) is 9.57. The van der Waals surface area contributed by atoms with Crippen LogP contribution in [-0.4, -0.2) is 26.7 Å². The first-order valence-electron chi connectivity index (χ1n) is 5.69. The molecule has 0 radical (unpaired) electrons. The molecule has 0 aromatic carbocycles. The van der Waals surface area contributed by atoms with E-state index in [0.29, 0.717) is 11.6 Å². The smallest absolute Gasteiger partial charge is 0.241 e. The highest BCUT2D eigenvalue weighted by molar-refractivity contribution is 5.86. The van der Waals surface area contributed by atoms with Gasteiger partial charge in [0, 0.05) is 6.54 Å². The number of rotatable bonds is 4. The number of nitrogens with zero attached hydrogens (tertiary/aromatic N) is 3. The van der Waals surface area contributed by atoms with Gasteiger partial charge in [-0.1, -0.05) is 6.92 Å². The molecule has 2 heterocycles. The van der Waals surface area contributed by atoms with Crippen LogP contribution < -0.4 is 16.6 Å². The number of fused-ring (bicyclic) bond motifs is 1. The second-order valence-electron chi connectivity index (χ2n) is 4.53. The predicted molar refractivity (Wildman–Crippen MR) is 65.3 cm³/mol. The maximum atomic E-state index is 5.33. The SMILES string of the molecule is CC1CC1CNc1nc(NN)nc2[nH]ncc12. The van der Waals surface area contributed by atoms with Crippen LogP contribution in [0.25, 0.3) is 11.0 Å². The van der Waals surface area contributed by atoms with Gasteiger partial charge in [0.15, 0.2) is 5.65 Å². The Bertz CT molecular complexity index is 534. The molecule has 0 amide bonds. The average Bonchev–Trinajstić information content (AvgIpc) is 2.86. The Morgan fingerprint density at radius 3 is 3.06 bits per heavy atom. The maximum Gasteiger partial charge on any atom is 0.241 e. The highest BCUT2D eigenvalue weighted by Gasteiger charge is 2.32. The van der Waals surface area contributed by atoms with E-state index in [1.165, 1.54) is 6.42 Å². The lowest BCUT2D eigenvalue weighted by Gasteiger charge is -2.07. The molecule has 1 fully saturated rings. The number of hydrogen-bond donors (Lipinski definition) is 4. The van der Waals surface area contributed by atoms with Crippen LogP contribution in [0.3, 0.4) is 0 Å². The summed E-state index contributed by atoms with van der Waals surface area (Å²) < 4.78 is 0. The molecule has 17 heavy (non-hydrogen) atoms. The van der Waals surface area contributed by atoms with Gasteiger partial charge in [-0.3, -0.25) is 10.5 Å². The van der Waals surface area contributed by atoms with Crippen molar-refractivity contribution in [1.29, 1.82) is 0 Å². The van der Waals surface area contributed by atoms with Gasteiger partial charge in [-0.05, 0) is 18.3 Å². The van der Waals surface area contributed by atoms with E-state index in [-0.39, 0.29) is 0 Å². The zero-order chi connectivity index (χ0) is 11.8. The number of H-pyrrole nitrogens is 1. The molecule has 5 N–H and O–H groups in total. The molecule has 7 heteroatoms. The topological polar surface area (TPSA) is 105 Å². The number of hydrazine groups is 1. The molecule has 2 unspecified atom stereocenters. The minimum atomic E-state index is 0.382. The van der Waals surface area contributed by atoms with E-state index >= 15 is 0 Å². The Balaban J connectivity index is 1.87. The van der Waals surface area contributed by atoms with Gasteiger partial charge in [0.05, 0.1) is 11.6 Å². The van der Waals surface area contributed by atoms with E-state index in [0.717, 1.165) is 29.6 Å². The molecule has 1 aliphatic carbocycles. The Morgan fingerprint density at radius 2 is 2.35 bits per heavy atom. The van der Waals surface area contributed by atoms with Crippen molar-refractivity contribution < 1.29 is 0 Å². The van der Waals surface area contributed by atoms with Crippen LogP contribution in [0.2, 0.25) is 0 Å². The molecule has 3 rings (SSSR count). The second-order valence-corrected chi connectivity index (χ2v) is 4.53. The lowest BCUT2D eigenvalue weighted by molar-refractivity contribution is 0.785. The molecule has 7 nitrogen and oxygen atoms in total. The number of nitrogens with two attached hydrogens (primary N) is 1. The molecule has 2 atom stereocenters. The van der Waals surface area contributed by atoms with E-state index < -0.39 is 0 Å². The minimum absolute atomic E-state index is 0.382. The van der Waals surface area contributed by atoms with Gasteiger partial charge in [0.2, 0.25) is 5.95 Å². The van der Waals surface area contributed by atoms with Gasteiger partial charge < -0.3 is 5.32 Å². The summed E-state index contributed by atoms with van der Waals surface area (Å²) in [5, 5.41) is 11.0. The summed E-state index contributed by atoms with van der Waals surface area (Å²) in [6.45, 7) is 3.19. The molecule has 2 aromatic rings. The molecular weight excluding hydrogens is 218 g/mol. The van der Waals surface area contributed by atoms with Gasteiger partial charge in [-0.2, -0.15) is 15.1 Å². The van der Waals surface area contributed by atoms with Crippen LogP contribution >= 0.6 is 0 Å². The second kappa shape index (κ2) is 3.85. The van der Waals surface area contributed by atoms with E-state index in [2.05, 4.69) is 37.8 Å². The molecule has 0 bridgehead atoms. The zero-order valence-electron chi connectivity index (χ0n) is 9.57. The van der Waals surface area contributed by atoms with Crippen LogP contribution in [0.1, 0.15) is 13.3 Å². The third kappa shape index (κ3) is 1.89. The molecule has 1 saturated carbocycles. The Kier molecular flexibility index (Phi) is 2.32. The standard InChI is InChI=1S/C10H15N7/c1-5-2-6(5)3-12-8-7-4-13-17-9(7)15-10(14-8)16-11/h4-6H,2-3,11H2,1H3,(H3,12,13,14,15,16,17). The number of nitrogen functional groups attached to an aromatic ring is 1. The van der Waals surface area contributed by atoms with Crippen LogP contribution in [0, 0.1) is 11.8 Å². The van der Waals surface area contributed by atoms with Crippen molar-refractivity contribution in [1.82, 2.24) is 20.2 Å². The summed E-state index contributed by atoms with van der Waals surface area (Å²) in [6, 6.07) is 0. The van der Waals surface area contributed by atoms with Crippen molar-refractivity contribution in [3.8, 4) is 0 Å². The first-order chi connectivity index (χ1) is 8.28.